The van der Waals surface area contributed by atoms with Crippen LogP contribution in [-0.2, 0) is 9.53 Å². The zero-order chi connectivity index (χ0) is 24.1. The van der Waals surface area contributed by atoms with Crippen LogP contribution in [0, 0.1) is 50.7 Å². The van der Waals surface area contributed by atoms with Crippen LogP contribution < -0.4 is 0 Å². The molecule has 9 atom stereocenters. The Kier molecular flexibility index (Phi) is 5.12. The Morgan fingerprint density at radius 1 is 0.941 bits per heavy atom. The van der Waals surface area contributed by atoms with Crippen molar-refractivity contribution >= 4 is 5.97 Å². The minimum Gasteiger partial charge on any atom is -0.462 e. The van der Waals surface area contributed by atoms with E-state index < -0.39 is 0 Å². The summed E-state index contributed by atoms with van der Waals surface area (Å²) in [6, 6.07) is 0. The van der Waals surface area contributed by atoms with E-state index in [-0.39, 0.29) is 17.5 Å². The fourth-order valence-corrected chi connectivity index (χ4v) is 11.7. The van der Waals surface area contributed by atoms with E-state index in [0.29, 0.717) is 21.7 Å². The number of carbonyl (C=O) groups excluding carboxylic acids is 1. The summed E-state index contributed by atoms with van der Waals surface area (Å²) in [6.45, 7) is 14.5. The van der Waals surface area contributed by atoms with Crippen LogP contribution in [0.3, 0.4) is 0 Å². The standard InChI is InChI=1S/C32H50O2/c1-21(8-7-9-23-10-11-23)24-14-16-30(6)26-13-12-25-28(3,4)27(34-22(2)33)15-17-31(25)20-32(26,31)19-18-29(24,30)5/h9,21,24-27H,7-8,10-20H2,1-6H3/t21-,24-,25?,26+,27+,29-,30+,31-,32+/m1/s1. The van der Waals surface area contributed by atoms with Crippen molar-refractivity contribution in [1.82, 2.24) is 0 Å². The van der Waals surface area contributed by atoms with E-state index >= 15 is 0 Å². The van der Waals surface area contributed by atoms with Gasteiger partial charge in [0.2, 0.25) is 0 Å². The lowest BCUT2D eigenvalue weighted by Gasteiger charge is -2.63. The summed E-state index contributed by atoms with van der Waals surface area (Å²) in [7, 11) is 0. The van der Waals surface area contributed by atoms with Gasteiger partial charge in [-0.2, -0.15) is 0 Å². The lowest BCUT2D eigenvalue weighted by molar-refractivity contribution is -0.181. The van der Waals surface area contributed by atoms with Crippen molar-refractivity contribution < 1.29 is 9.53 Å². The van der Waals surface area contributed by atoms with Crippen molar-refractivity contribution in [2.75, 3.05) is 0 Å². The third-order valence-electron chi connectivity index (χ3n) is 13.7. The SMILES string of the molecule is CC(=O)O[C@H]1CC[C@]23C[C@]24CC[C@]2(C)[C@@H]([C@H](C)CCC=C5CC5)CC[C@@]2(C)[C@@H]4CCC3C1(C)C. The summed E-state index contributed by atoms with van der Waals surface area (Å²) in [5, 5.41) is 0. The highest BCUT2D eigenvalue weighted by atomic mass is 16.5. The Balaban J connectivity index is 1.24. The van der Waals surface area contributed by atoms with Gasteiger partial charge in [0.05, 0.1) is 0 Å². The molecule has 2 spiro atoms. The average Bonchev–Trinajstić information content (AvgIpc) is 3.66. The van der Waals surface area contributed by atoms with Gasteiger partial charge in [-0.1, -0.05) is 46.3 Å². The first-order valence-electron chi connectivity index (χ1n) is 14.9. The van der Waals surface area contributed by atoms with Gasteiger partial charge >= 0.3 is 5.97 Å². The number of esters is 1. The molecule has 0 aliphatic heterocycles. The Hall–Kier alpha value is -0.790. The van der Waals surface area contributed by atoms with E-state index in [1.54, 1.807) is 12.5 Å². The molecule has 0 aromatic carbocycles. The molecular weight excluding hydrogens is 416 g/mol. The largest absolute Gasteiger partial charge is 0.462 e. The molecule has 190 valence electrons. The monoisotopic (exact) mass is 466 g/mol. The second-order valence-corrected chi connectivity index (χ2v) is 15.0. The first-order valence-corrected chi connectivity index (χ1v) is 14.9. The predicted molar refractivity (Wildman–Crippen MR) is 138 cm³/mol. The second kappa shape index (κ2) is 7.38. The molecule has 0 amide bonds. The van der Waals surface area contributed by atoms with Gasteiger partial charge in [0.25, 0.3) is 0 Å². The molecule has 0 aromatic rings. The Morgan fingerprint density at radius 3 is 2.35 bits per heavy atom. The zero-order valence-corrected chi connectivity index (χ0v) is 23.0. The molecule has 0 bridgehead atoms. The van der Waals surface area contributed by atoms with Crippen LogP contribution in [0.5, 0.6) is 0 Å². The maximum atomic E-state index is 11.8. The van der Waals surface area contributed by atoms with Gasteiger partial charge in [-0.25, -0.2) is 0 Å². The van der Waals surface area contributed by atoms with Crippen LogP contribution in [0.4, 0.5) is 0 Å². The highest BCUT2D eigenvalue weighted by Crippen LogP contribution is 2.89. The van der Waals surface area contributed by atoms with E-state index in [2.05, 4.69) is 40.7 Å². The van der Waals surface area contributed by atoms with Crippen molar-refractivity contribution in [2.24, 2.45) is 50.7 Å². The van der Waals surface area contributed by atoms with Crippen molar-refractivity contribution in [2.45, 2.75) is 131 Å². The van der Waals surface area contributed by atoms with Gasteiger partial charge in [0.1, 0.15) is 6.10 Å². The molecule has 0 saturated heterocycles. The van der Waals surface area contributed by atoms with Crippen LogP contribution in [0.25, 0.3) is 0 Å². The molecule has 0 N–H and O–H groups in total. The molecule has 0 radical (unpaired) electrons. The molecule has 6 saturated carbocycles. The maximum absolute atomic E-state index is 11.8. The summed E-state index contributed by atoms with van der Waals surface area (Å²) in [6.07, 6.45) is 20.6. The molecule has 2 heteroatoms. The van der Waals surface area contributed by atoms with E-state index in [9.17, 15) is 4.79 Å². The first kappa shape index (κ1) is 23.6. The molecule has 6 aliphatic rings. The fourth-order valence-electron chi connectivity index (χ4n) is 11.7. The zero-order valence-electron chi connectivity index (χ0n) is 23.0. The molecule has 6 rings (SSSR count). The quantitative estimate of drug-likeness (QED) is 0.300. The third kappa shape index (κ3) is 2.95. The van der Waals surface area contributed by atoms with Gasteiger partial charge in [-0.05, 0) is 129 Å². The maximum Gasteiger partial charge on any atom is 0.302 e. The fraction of sp³-hybridized carbons (Fsp3) is 0.906. The normalized spacial score (nSPS) is 50.8. The molecule has 1 unspecified atom stereocenters. The van der Waals surface area contributed by atoms with E-state index in [4.69, 9.17) is 4.74 Å². The van der Waals surface area contributed by atoms with E-state index in [1.807, 2.05) is 0 Å². The molecule has 0 heterocycles. The van der Waals surface area contributed by atoms with Crippen molar-refractivity contribution in [3.63, 3.8) is 0 Å². The Bertz CT molecular complexity index is 895. The number of hydrogen-bond donors (Lipinski definition) is 0. The molecule has 6 fully saturated rings. The summed E-state index contributed by atoms with van der Waals surface area (Å²) in [5.41, 5.74) is 4.01. The van der Waals surface area contributed by atoms with E-state index in [0.717, 1.165) is 30.1 Å². The Labute approximate surface area is 209 Å². The number of allylic oxidation sites excluding steroid dienone is 2. The summed E-state index contributed by atoms with van der Waals surface area (Å²) < 4.78 is 5.91. The molecular formula is C32H50O2. The summed E-state index contributed by atoms with van der Waals surface area (Å²) in [4.78, 5) is 11.8. The summed E-state index contributed by atoms with van der Waals surface area (Å²) in [5.74, 6) is 3.33. The van der Waals surface area contributed by atoms with Gasteiger partial charge in [0, 0.05) is 12.3 Å². The lowest BCUT2D eigenvalue weighted by atomic mass is 9.41. The highest BCUT2D eigenvalue weighted by Gasteiger charge is 2.82. The van der Waals surface area contributed by atoms with Crippen LogP contribution in [0.2, 0.25) is 0 Å². The number of ether oxygens (including phenoxy) is 1. The van der Waals surface area contributed by atoms with Crippen molar-refractivity contribution in [1.29, 1.82) is 0 Å². The van der Waals surface area contributed by atoms with Crippen molar-refractivity contribution in [3.8, 4) is 0 Å². The van der Waals surface area contributed by atoms with Crippen molar-refractivity contribution in [3.05, 3.63) is 11.6 Å². The van der Waals surface area contributed by atoms with Gasteiger partial charge in [-0.15, -0.1) is 0 Å². The Morgan fingerprint density at radius 2 is 1.65 bits per heavy atom. The summed E-state index contributed by atoms with van der Waals surface area (Å²) >= 11 is 0. The van der Waals surface area contributed by atoms with E-state index in [1.165, 1.54) is 77.0 Å². The number of fused-ring (bicyclic) bond motifs is 2. The van der Waals surface area contributed by atoms with Crippen LogP contribution in [0.15, 0.2) is 11.6 Å². The van der Waals surface area contributed by atoms with Crippen LogP contribution in [-0.4, -0.2) is 12.1 Å². The first-order chi connectivity index (χ1) is 16.0. The molecule has 0 aromatic heterocycles. The van der Waals surface area contributed by atoms with Gasteiger partial charge in [-0.3, -0.25) is 4.79 Å². The second-order valence-electron chi connectivity index (χ2n) is 15.0. The van der Waals surface area contributed by atoms with Crippen LogP contribution >= 0.6 is 0 Å². The third-order valence-corrected chi connectivity index (χ3v) is 13.7. The average molecular weight is 467 g/mol. The number of carbonyl (C=O) groups is 1. The predicted octanol–water partition coefficient (Wildman–Crippen LogP) is 8.49. The topological polar surface area (TPSA) is 26.3 Å². The minimum atomic E-state index is -0.0893. The van der Waals surface area contributed by atoms with Crippen LogP contribution in [0.1, 0.15) is 125 Å². The van der Waals surface area contributed by atoms with Gasteiger partial charge in [0.15, 0.2) is 0 Å². The minimum absolute atomic E-state index is 0.0893. The van der Waals surface area contributed by atoms with Gasteiger partial charge < -0.3 is 4.74 Å². The lowest BCUT2D eigenvalue weighted by Crippen LogP contribution is -2.58. The number of hydrogen-bond acceptors (Lipinski definition) is 2. The molecule has 34 heavy (non-hydrogen) atoms. The number of rotatable bonds is 5. The molecule has 6 aliphatic carbocycles. The smallest absolute Gasteiger partial charge is 0.302 e. The highest BCUT2D eigenvalue weighted by molar-refractivity contribution is 5.66. The molecule has 2 nitrogen and oxygen atoms in total.